The summed E-state index contributed by atoms with van der Waals surface area (Å²) in [5, 5.41) is 49.4. The van der Waals surface area contributed by atoms with Gasteiger partial charge in [-0.1, -0.05) is 12.1 Å². The number of phenolic OH excluding ortho intramolecular Hbond substituents is 2. The van der Waals surface area contributed by atoms with Gasteiger partial charge in [0, 0.05) is 86.6 Å². The number of nitrogens with zero attached hydrogens (tertiary/aromatic N) is 16. The molecule has 82 heavy (non-hydrogen) atoms. The van der Waals surface area contributed by atoms with Crippen LogP contribution in [0.25, 0.3) is 21.5 Å². The molecule has 12 rings (SSSR count). The smallest absolute Gasteiger partial charge is 0.233 e. The number of nitrogens with one attached hydrogen (secondary N) is 2. The zero-order chi connectivity index (χ0) is 55.4. The van der Waals surface area contributed by atoms with Crippen LogP contribution in [0.1, 0.15) is 51.4 Å². The molecule has 428 valence electrons. The predicted molar refractivity (Wildman–Crippen MR) is 324 cm³/mol. The minimum Gasteiger partial charge on any atom is -1.00 e. The number of hydrogen-bond acceptors (Lipinski definition) is 18. The lowest BCUT2D eigenvalue weighted by Gasteiger charge is -2.23. The topological polar surface area (TPSA) is 204 Å². The summed E-state index contributed by atoms with van der Waals surface area (Å²) in [6.07, 6.45) is 9.31. The lowest BCUT2D eigenvalue weighted by atomic mass is 10.1. The van der Waals surface area contributed by atoms with Crippen LogP contribution in [0.15, 0.2) is 130 Å². The van der Waals surface area contributed by atoms with Gasteiger partial charge in [0.1, 0.15) is 34.2 Å². The number of rotatable bonds is 14. The molecule has 22 heteroatoms. The minimum atomic E-state index is 0. The van der Waals surface area contributed by atoms with E-state index in [1.54, 1.807) is 12.1 Å². The van der Waals surface area contributed by atoms with Crippen LogP contribution in [0.3, 0.4) is 0 Å². The summed E-state index contributed by atoms with van der Waals surface area (Å²) in [5.41, 5.74) is 6.21. The quantitative estimate of drug-likeness (QED) is 0.0672. The Hall–Kier alpha value is -8.04. The van der Waals surface area contributed by atoms with Crippen molar-refractivity contribution in [3.8, 4) is 11.5 Å². The summed E-state index contributed by atoms with van der Waals surface area (Å²) in [6, 6.07) is 34.8. The van der Waals surface area contributed by atoms with Gasteiger partial charge < -0.3 is 65.3 Å². The summed E-state index contributed by atoms with van der Waals surface area (Å²) in [5.74, 6) is 4.26. The highest BCUT2D eigenvalue weighted by atomic mass is 35.5. The van der Waals surface area contributed by atoms with E-state index in [1.165, 1.54) is 0 Å². The number of phenols is 2. The van der Waals surface area contributed by atoms with Gasteiger partial charge in [0.05, 0.1) is 53.7 Å². The van der Waals surface area contributed by atoms with Crippen LogP contribution in [0.5, 0.6) is 11.5 Å². The van der Waals surface area contributed by atoms with Crippen LogP contribution in [0.4, 0.5) is 81.2 Å². The van der Waals surface area contributed by atoms with Crippen molar-refractivity contribution in [1.29, 1.82) is 0 Å². The third kappa shape index (κ3) is 13.8. The highest BCUT2D eigenvalue weighted by Gasteiger charge is 2.24. The molecule has 2 aromatic heterocycles. The van der Waals surface area contributed by atoms with E-state index >= 15 is 0 Å². The zero-order valence-electron chi connectivity index (χ0n) is 47.5. The Morgan fingerprint density at radius 1 is 0.378 bits per heavy atom. The fraction of sp³-hybridized carbons (Fsp3) is 0.367. The number of hydrogen-bond donors (Lipinski definition) is 4. The Morgan fingerprint density at radius 2 is 0.671 bits per heavy atom. The normalized spacial score (nSPS) is 15.6. The molecular formula is C60H72Cl2N18O2. The van der Waals surface area contributed by atoms with Gasteiger partial charge >= 0.3 is 0 Å². The minimum absolute atomic E-state index is 0. The van der Waals surface area contributed by atoms with Crippen molar-refractivity contribution < 1.29 is 35.0 Å². The summed E-state index contributed by atoms with van der Waals surface area (Å²) in [7, 11) is 12.7. The fourth-order valence-corrected chi connectivity index (χ4v) is 10.4. The van der Waals surface area contributed by atoms with E-state index in [9.17, 15) is 10.2 Å². The molecule has 4 N–H and O–H groups in total. The molecule has 0 saturated carbocycles. The van der Waals surface area contributed by atoms with E-state index in [0.717, 1.165) is 172 Å². The first-order valence-corrected chi connectivity index (χ1v) is 27.9. The standard InChI is InChI=1S/2C30H35N9O.2ClH/c2*1-39(2,3)24-14-8-21-9-15-26(40)27(25(21)20-24)36-35-23-12-10-22(11-13-23)31-28-32-29(37-16-4-5-17-37)34-30(33-28)38-18-6-7-19-38;;/h2*8-15,20H,4-7,16-19H2,1-3H3,(H-,31,32,33,34,35,36,40);2*1H. The monoisotopic (exact) mass is 1150 g/mol. The molecule has 4 fully saturated rings. The molecule has 4 saturated heterocycles. The Morgan fingerprint density at radius 3 is 0.963 bits per heavy atom. The van der Waals surface area contributed by atoms with Crippen molar-refractivity contribution in [2.45, 2.75) is 51.4 Å². The third-order valence-corrected chi connectivity index (χ3v) is 15.0. The second kappa shape index (κ2) is 25.4. The molecule has 6 aromatic carbocycles. The number of benzene rings is 6. The largest absolute Gasteiger partial charge is 1.00 e. The second-order valence-electron chi connectivity index (χ2n) is 22.7. The zero-order valence-corrected chi connectivity index (χ0v) is 49.0. The summed E-state index contributed by atoms with van der Waals surface area (Å²) in [6.45, 7) is 7.82. The number of fused-ring (bicyclic) bond motifs is 2. The number of aromatic hydroxyl groups is 2. The Labute approximate surface area is 491 Å². The van der Waals surface area contributed by atoms with Crippen molar-refractivity contribution in [2.75, 3.05) is 125 Å². The van der Waals surface area contributed by atoms with Gasteiger partial charge in [-0.05, 0) is 147 Å². The highest BCUT2D eigenvalue weighted by molar-refractivity contribution is 5.98. The van der Waals surface area contributed by atoms with Gasteiger partial charge in [0.15, 0.2) is 0 Å². The molecule has 0 unspecified atom stereocenters. The summed E-state index contributed by atoms with van der Waals surface area (Å²) < 4.78 is 1.33. The lowest BCUT2D eigenvalue weighted by Crippen LogP contribution is -3.00. The number of quaternary nitrogens is 2. The maximum absolute atomic E-state index is 10.6. The van der Waals surface area contributed by atoms with Crippen LogP contribution in [-0.4, -0.2) is 135 Å². The van der Waals surface area contributed by atoms with Crippen LogP contribution in [0, 0.1) is 0 Å². The Bertz CT molecular complexity index is 3250. The van der Waals surface area contributed by atoms with Crippen molar-refractivity contribution in [1.82, 2.24) is 38.9 Å². The van der Waals surface area contributed by atoms with Gasteiger partial charge in [0.2, 0.25) is 35.7 Å². The third-order valence-electron chi connectivity index (χ3n) is 15.0. The Balaban J connectivity index is 0.000000193. The van der Waals surface area contributed by atoms with Crippen molar-refractivity contribution >= 4 is 103 Å². The summed E-state index contributed by atoms with van der Waals surface area (Å²) in [4.78, 5) is 37.5. The van der Waals surface area contributed by atoms with Gasteiger partial charge in [0.25, 0.3) is 0 Å². The van der Waals surface area contributed by atoms with E-state index < -0.39 is 0 Å². The first kappa shape index (κ1) is 58.6. The number of aromatic nitrogens is 6. The van der Waals surface area contributed by atoms with E-state index in [2.05, 4.69) is 129 Å². The molecule has 6 heterocycles. The van der Waals surface area contributed by atoms with E-state index in [0.29, 0.717) is 43.6 Å². The van der Waals surface area contributed by atoms with E-state index in [1.807, 2.05) is 60.7 Å². The molecule has 0 spiro atoms. The van der Waals surface area contributed by atoms with Crippen LogP contribution < -0.4 is 64.0 Å². The first-order valence-electron chi connectivity index (χ1n) is 27.9. The molecule has 0 aliphatic carbocycles. The highest BCUT2D eigenvalue weighted by Crippen LogP contribution is 2.40. The van der Waals surface area contributed by atoms with Crippen LogP contribution in [0.2, 0.25) is 0 Å². The van der Waals surface area contributed by atoms with E-state index in [4.69, 9.17) is 29.9 Å². The van der Waals surface area contributed by atoms with Crippen molar-refractivity contribution in [2.24, 2.45) is 20.5 Å². The molecule has 8 aromatic rings. The van der Waals surface area contributed by atoms with Crippen LogP contribution >= 0.6 is 0 Å². The first-order chi connectivity index (χ1) is 38.7. The molecular weight excluding hydrogens is 1080 g/mol. The van der Waals surface area contributed by atoms with Gasteiger partial charge in [-0.2, -0.15) is 40.1 Å². The molecule has 4 aliphatic heterocycles. The molecule has 0 radical (unpaired) electrons. The predicted octanol–water partition coefficient (Wildman–Crippen LogP) is 6.58. The molecule has 4 aliphatic rings. The summed E-state index contributed by atoms with van der Waals surface area (Å²) >= 11 is 0. The Kier molecular flexibility index (Phi) is 18.2. The average Bonchev–Trinajstić information content (AvgIpc) is 4.43. The lowest BCUT2D eigenvalue weighted by molar-refractivity contribution is -0.001000. The van der Waals surface area contributed by atoms with Crippen LogP contribution in [-0.2, 0) is 0 Å². The number of azo groups is 2. The second-order valence-corrected chi connectivity index (χ2v) is 22.7. The van der Waals surface area contributed by atoms with Gasteiger partial charge in [-0.15, -0.1) is 10.2 Å². The van der Waals surface area contributed by atoms with Crippen molar-refractivity contribution in [3.05, 3.63) is 109 Å². The average molecular weight is 1150 g/mol. The fourth-order valence-electron chi connectivity index (χ4n) is 10.4. The molecule has 0 bridgehead atoms. The SMILES string of the molecule is C[N+](C)(C)c1ccc2ccc(O)c(N=Nc3ccc(Nc4nc(N5CCCC5)nc(N5CCCC5)n4)cc3)c2c1.C[N+](C)(C)c1ccc2ccc(O)c(N=Nc3ccc(Nc4nc(N5CCCC5)nc(N5CCCC5)n4)cc3)c2c1.[Cl-].[Cl-]. The maximum Gasteiger partial charge on any atom is 0.233 e. The molecule has 20 nitrogen and oxygen atoms in total. The van der Waals surface area contributed by atoms with E-state index in [-0.39, 0.29) is 36.3 Å². The van der Waals surface area contributed by atoms with Gasteiger partial charge in [-0.3, -0.25) is 8.97 Å². The number of halogens is 2. The molecule has 0 amide bonds. The number of anilines is 8. The van der Waals surface area contributed by atoms with Crippen molar-refractivity contribution in [3.63, 3.8) is 0 Å². The van der Waals surface area contributed by atoms with Gasteiger partial charge in [-0.25, -0.2) is 0 Å². The maximum atomic E-state index is 10.6. The molecule has 0 atom stereocenters.